The molecule has 0 heterocycles. The Labute approximate surface area is 121 Å². The van der Waals surface area contributed by atoms with Gasteiger partial charge in [-0.2, -0.15) is 0 Å². The van der Waals surface area contributed by atoms with E-state index in [1.54, 1.807) is 18.2 Å². The Hall–Kier alpha value is -0.0900. The fourth-order valence-corrected chi connectivity index (χ4v) is 4.08. The first-order chi connectivity index (χ1) is 8.61. The topological polar surface area (TPSA) is 29.1 Å². The molecule has 0 amide bonds. The van der Waals surface area contributed by atoms with Crippen molar-refractivity contribution in [2.24, 2.45) is 5.92 Å². The second-order valence-corrected chi connectivity index (χ2v) is 6.90. The van der Waals surface area contributed by atoms with Crippen molar-refractivity contribution in [3.8, 4) is 0 Å². The maximum Gasteiger partial charge on any atom is 0.0589 e. The molecular formula is C13H17Cl2NOS. The van der Waals surface area contributed by atoms with E-state index < -0.39 is 10.8 Å². The van der Waals surface area contributed by atoms with E-state index in [9.17, 15) is 4.21 Å². The van der Waals surface area contributed by atoms with Crippen LogP contribution >= 0.6 is 23.2 Å². The Morgan fingerprint density at radius 2 is 2.17 bits per heavy atom. The molecule has 2 nitrogen and oxygen atoms in total. The van der Waals surface area contributed by atoms with Crippen molar-refractivity contribution in [2.75, 3.05) is 12.3 Å². The minimum Gasteiger partial charge on any atom is -0.313 e. The highest BCUT2D eigenvalue weighted by Gasteiger charge is 2.32. The average molecular weight is 306 g/mol. The van der Waals surface area contributed by atoms with E-state index in [4.69, 9.17) is 23.2 Å². The lowest BCUT2D eigenvalue weighted by Crippen LogP contribution is -2.35. The predicted octanol–water partition coefficient (Wildman–Crippen LogP) is 3.49. The molecule has 0 saturated heterocycles. The highest BCUT2D eigenvalue weighted by atomic mass is 35.5. The van der Waals surface area contributed by atoms with Crippen LogP contribution in [0.5, 0.6) is 0 Å². The van der Waals surface area contributed by atoms with Crippen molar-refractivity contribution in [1.29, 1.82) is 0 Å². The summed E-state index contributed by atoms with van der Waals surface area (Å²) in [5.41, 5.74) is 0. The molecule has 0 spiro atoms. The summed E-state index contributed by atoms with van der Waals surface area (Å²) in [6.45, 7) is 2.98. The van der Waals surface area contributed by atoms with Gasteiger partial charge in [0.2, 0.25) is 0 Å². The van der Waals surface area contributed by atoms with Crippen LogP contribution in [0.2, 0.25) is 10.0 Å². The summed E-state index contributed by atoms with van der Waals surface area (Å²) in [5.74, 6) is 1.28. The maximum atomic E-state index is 12.4. The van der Waals surface area contributed by atoms with Crippen molar-refractivity contribution in [3.63, 3.8) is 0 Å². The summed E-state index contributed by atoms with van der Waals surface area (Å²) in [6, 6.07) is 5.45. The summed E-state index contributed by atoms with van der Waals surface area (Å²) in [6.07, 6.45) is 2.47. The summed E-state index contributed by atoms with van der Waals surface area (Å²) in [4.78, 5) is 0.646. The first kappa shape index (κ1) is 14.3. The number of hydrogen-bond acceptors (Lipinski definition) is 2. The number of nitrogens with one attached hydrogen (secondary N) is 1. The molecule has 0 bridgehead atoms. The lowest BCUT2D eigenvalue weighted by molar-refractivity contribution is 0.514. The number of hydrogen-bond donors (Lipinski definition) is 1. The summed E-state index contributed by atoms with van der Waals surface area (Å²) in [5, 5.41) is 4.52. The normalized spacial score (nSPS) is 18.6. The van der Waals surface area contributed by atoms with Crippen molar-refractivity contribution >= 4 is 34.0 Å². The smallest absolute Gasteiger partial charge is 0.0589 e. The van der Waals surface area contributed by atoms with Gasteiger partial charge >= 0.3 is 0 Å². The van der Waals surface area contributed by atoms with Crippen LogP contribution in [0, 0.1) is 5.92 Å². The third kappa shape index (κ3) is 3.70. The van der Waals surface area contributed by atoms with Crippen molar-refractivity contribution in [2.45, 2.75) is 30.7 Å². The van der Waals surface area contributed by atoms with Gasteiger partial charge in [0.25, 0.3) is 0 Å². The largest absolute Gasteiger partial charge is 0.313 e. The van der Waals surface area contributed by atoms with Crippen LogP contribution in [-0.2, 0) is 10.8 Å². The van der Waals surface area contributed by atoms with Crippen molar-refractivity contribution in [1.82, 2.24) is 5.32 Å². The second kappa shape index (κ2) is 6.38. The van der Waals surface area contributed by atoms with Gasteiger partial charge in [-0.3, -0.25) is 4.21 Å². The van der Waals surface area contributed by atoms with E-state index in [1.807, 2.05) is 0 Å². The molecule has 1 saturated carbocycles. The molecule has 1 aliphatic rings. The Morgan fingerprint density at radius 3 is 2.78 bits per heavy atom. The van der Waals surface area contributed by atoms with Crippen LogP contribution in [0.15, 0.2) is 23.1 Å². The van der Waals surface area contributed by atoms with Gasteiger partial charge in [0.1, 0.15) is 0 Å². The molecule has 1 aromatic rings. The van der Waals surface area contributed by atoms with E-state index in [1.165, 1.54) is 12.8 Å². The van der Waals surface area contributed by atoms with E-state index in [-0.39, 0.29) is 0 Å². The molecule has 18 heavy (non-hydrogen) atoms. The maximum absolute atomic E-state index is 12.4. The van der Waals surface area contributed by atoms with Gasteiger partial charge in [0.15, 0.2) is 0 Å². The third-order valence-electron chi connectivity index (χ3n) is 3.13. The molecule has 2 rings (SSSR count). The zero-order valence-corrected chi connectivity index (χ0v) is 12.6. The Balaban J connectivity index is 2.07. The molecule has 1 fully saturated rings. The lowest BCUT2D eigenvalue weighted by Gasteiger charge is -2.17. The fraction of sp³-hybridized carbons (Fsp3) is 0.538. The van der Waals surface area contributed by atoms with Gasteiger partial charge in [-0.1, -0.05) is 30.1 Å². The number of halogens is 2. The molecule has 0 radical (unpaired) electrons. The van der Waals surface area contributed by atoms with Gasteiger partial charge in [-0.15, -0.1) is 0 Å². The van der Waals surface area contributed by atoms with E-state index in [0.717, 1.165) is 6.54 Å². The average Bonchev–Trinajstić information content (AvgIpc) is 3.15. The van der Waals surface area contributed by atoms with Crippen molar-refractivity contribution < 1.29 is 4.21 Å². The molecule has 0 aliphatic heterocycles. The van der Waals surface area contributed by atoms with E-state index in [2.05, 4.69) is 12.2 Å². The van der Waals surface area contributed by atoms with Gasteiger partial charge in [-0.05, 0) is 43.5 Å². The van der Waals surface area contributed by atoms with Crippen LogP contribution in [0.4, 0.5) is 0 Å². The lowest BCUT2D eigenvalue weighted by atomic mass is 10.2. The van der Waals surface area contributed by atoms with Gasteiger partial charge in [0, 0.05) is 16.8 Å². The molecular weight excluding hydrogens is 289 g/mol. The standard InChI is InChI=1S/C13H17Cl2NOS/c1-2-16-12(9-3-4-9)8-18(17)13-7-10(14)5-6-11(13)15/h5-7,9,12,16H,2-4,8H2,1H3. The SMILES string of the molecule is CCNC(CS(=O)c1cc(Cl)ccc1Cl)C1CC1. The highest BCUT2D eigenvalue weighted by molar-refractivity contribution is 7.85. The Bertz CT molecular complexity index is 449. The van der Waals surface area contributed by atoms with Gasteiger partial charge in [0.05, 0.1) is 20.7 Å². The Morgan fingerprint density at radius 1 is 1.44 bits per heavy atom. The molecule has 2 atom stereocenters. The zero-order chi connectivity index (χ0) is 13.1. The first-order valence-electron chi connectivity index (χ1n) is 6.18. The fourth-order valence-electron chi connectivity index (χ4n) is 2.03. The van der Waals surface area contributed by atoms with Crippen LogP contribution in [0.1, 0.15) is 19.8 Å². The number of benzene rings is 1. The van der Waals surface area contributed by atoms with Crippen LogP contribution in [-0.4, -0.2) is 22.5 Å². The molecule has 5 heteroatoms. The molecule has 1 N–H and O–H groups in total. The van der Waals surface area contributed by atoms with Gasteiger partial charge in [-0.25, -0.2) is 0 Å². The highest BCUT2D eigenvalue weighted by Crippen LogP contribution is 2.34. The molecule has 2 unspecified atom stereocenters. The molecule has 1 aromatic carbocycles. The quantitative estimate of drug-likeness (QED) is 0.871. The van der Waals surface area contributed by atoms with Crippen LogP contribution < -0.4 is 5.32 Å². The summed E-state index contributed by atoms with van der Waals surface area (Å²) >= 11 is 12.0. The van der Waals surface area contributed by atoms with Crippen LogP contribution in [0.3, 0.4) is 0 Å². The minimum atomic E-state index is -1.10. The Kier molecular flexibility index (Phi) is 5.07. The summed E-state index contributed by atoms with van der Waals surface area (Å²) < 4.78 is 12.4. The first-order valence-corrected chi connectivity index (χ1v) is 8.26. The van der Waals surface area contributed by atoms with Crippen molar-refractivity contribution in [3.05, 3.63) is 28.2 Å². The summed E-state index contributed by atoms with van der Waals surface area (Å²) in [7, 11) is -1.10. The van der Waals surface area contributed by atoms with Gasteiger partial charge < -0.3 is 5.32 Å². The monoisotopic (exact) mass is 305 g/mol. The molecule has 1 aliphatic carbocycles. The van der Waals surface area contributed by atoms with E-state index in [0.29, 0.717) is 32.7 Å². The van der Waals surface area contributed by atoms with E-state index >= 15 is 0 Å². The predicted molar refractivity (Wildman–Crippen MR) is 77.9 cm³/mol. The number of rotatable bonds is 6. The molecule has 0 aromatic heterocycles. The third-order valence-corrected chi connectivity index (χ3v) is 5.29. The minimum absolute atomic E-state index is 0.325. The van der Waals surface area contributed by atoms with Crippen LogP contribution in [0.25, 0.3) is 0 Å². The molecule has 100 valence electrons. The zero-order valence-electron chi connectivity index (χ0n) is 10.3. The second-order valence-electron chi connectivity index (χ2n) is 4.59.